The Hall–Kier alpha value is -1.43. The molecule has 1 amide bonds. The Morgan fingerprint density at radius 3 is 2.55 bits per heavy atom. The molecule has 1 fully saturated rings. The van der Waals surface area contributed by atoms with Gasteiger partial charge >= 0.3 is 6.18 Å². The number of halogens is 4. The molecule has 110 valence electrons. The number of nitrogen functional groups attached to an aromatic ring is 1. The van der Waals surface area contributed by atoms with E-state index in [1.807, 2.05) is 6.92 Å². The average Bonchev–Trinajstić information content (AvgIpc) is 3.13. The molecule has 20 heavy (non-hydrogen) atoms. The first-order valence-electron chi connectivity index (χ1n) is 6.17. The summed E-state index contributed by atoms with van der Waals surface area (Å²) >= 11 is 5.65. The molecule has 1 aliphatic rings. The van der Waals surface area contributed by atoms with Crippen molar-refractivity contribution in [2.45, 2.75) is 32.0 Å². The van der Waals surface area contributed by atoms with Gasteiger partial charge in [0.15, 0.2) is 0 Å². The lowest BCUT2D eigenvalue weighted by Gasteiger charge is -2.17. The van der Waals surface area contributed by atoms with Gasteiger partial charge in [0, 0.05) is 11.1 Å². The number of benzene rings is 1. The van der Waals surface area contributed by atoms with E-state index in [1.165, 1.54) is 0 Å². The fraction of sp³-hybridized carbons (Fsp3) is 0.462. The van der Waals surface area contributed by atoms with Crippen LogP contribution < -0.4 is 11.1 Å². The molecular formula is C13H14ClF3N2O. The highest BCUT2D eigenvalue weighted by Crippen LogP contribution is 2.37. The molecular weight excluding hydrogens is 293 g/mol. The van der Waals surface area contributed by atoms with Crippen molar-refractivity contribution in [3.05, 3.63) is 28.3 Å². The van der Waals surface area contributed by atoms with Crippen LogP contribution in [0.1, 0.15) is 35.7 Å². The van der Waals surface area contributed by atoms with E-state index < -0.39 is 23.3 Å². The predicted octanol–water partition coefficient (Wildman–Crippen LogP) is 3.47. The van der Waals surface area contributed by atoms with Gasteiger partial charge in [-0.05, 0) is 37.8 Å². The van der Waals surface area contributed by atoms with E-state index in [0.29, 0.717) is 5.92 Å². The van der Waals surface area contributed by atoms with Gasteiger partial charge in [0.25, 0.3) is 5.91 Å². The highest BCUT2D eigenvalue weighted by atomic mass is 35.5. The molecule has 1 aliphatic carbocycles. The largest absolute Gasteiger partial charge is 0.418 e. The van der Waals surface area contributed by atoms with E-state index in [9.17, 15) is 18.0 Å². The van der Waals surface area contributed by atoms with E-state index in [1.54, 1.807) is 0 Å². The SMILES string of the molecule is CC(NC(=O)c1cc(Cl)cc(C(F)(F)F)c1N)C1CC1. The lowest BCUT2D eigenvalue weighted by atomic mass is 10.1. The molecule has 0 heterocycles. The number of rotatable bonds is 3. The molecule has 2 rings (SSSR count). The Labute approximate surface area is 119 Å². The monoisotopic (exact) mass is 306 g/mol. The van der Waals surface area contributed by atoms with Gasteiger partial charge in [0.1, 0.15) is 0 Å². The second kappa shape index (κ2) is 5.16. The van der Waals surface area contributed by atoms with E-state index in [2.05, 4.69) is 5.32 Å². The quantitative estimate of drug-likeness (QED) is 0.840. The van der Waals surface area contributed by atoms with E-state index in [-0.39, 0.29) is 16.6 Å². The summed E-state index contributed by atoms with van der Waals surface area (Å²) in [6.07, 6.45) is -2.62. The van der Waals surface area contributed by atoms with Crippen LogP contribution in [0.3, 0.4) is 0 Å². The summed E-state index contributed by atoms with van der Waals surface area (Å²) in [7, 11) is 0. The highest BCUT2D eigenvalue weighted by molar-refractivity contribution is 6.31. The van der Waals surface area contributed by atoms with Gasteiger partial charge in [-0.2, -0.15) is 13.2 Å². The Morgan fingerprint density at radius 2 is 2.05 bits per heavy atom. The lowest BCUT2D eigenvalue weighted by Crippen LogP contribution is -2.34. The van der Waals surface area contributed by atoms with Crippen molar-refractivity contribution in [2.24, 2.45) is 5.92 Å². The second-order valence-corrected chi connectivity index (χ2v) is 5.45. The van der Waals surface area contributed by atoms with Crippen molar-refractivity contribution in [1.82, 2.24) is 5.32 Å². The topological polar surface area (TPSA) is 55.1 Å². The molecule has 3 nitrogen and oxygen atoms in total. The lowest BCUT2D eigenvalue weighted by molar-refractivity contribution is -0.136. The molecule has 1 aromatic rings. The average molecular weight is 307 g/mol. The standard InChI is InChI=1S/C13H14ClF3N2O/c1-6(7-2-3-7)19-12(20)9-4-8(14)5-10(11(9)18)13(15,16)17/h4-7H,2-3,18H2,1H3,(H,19,20). The van der Waals surface area contributed by atoms with Gasteiger partial charge in [-0.1, -0.05) is 11.6 Å². The van der Waals surface area contributed by atoms with Crippen LogP contribution in [0, 0.1) is 5.92 Å². The first-order valence-corrected chi connectivity index (χ1v) is 6.55. The fourth-order valence-electron chi connectivity index (χ4n) is 2.04. The maximum Gasteiger partial charge on any atom is 0.418 e. The molecule has 0 bridgehead atoms. The van der Waals surface area contributed by atoms with Gasteiger partial charge in [-0.25, -0.2) is 0 Å². The van der Waals surface area contributed by atoms with Crippen molar-refractivity contribution in [2.75, 3.05) is 5.73 Å². The maximum atomic E-state index is 12.8. The predicted molar refractivity (Wildman–Crippen MR) is 70.5 cm³/mol. The maximum absolute atomic E-state index is 12.8. The minimum absolute atomic E-state index is 0.0878. The second-order valence-electron chi connectivity index (χ2n) is 5.01. The van der Waals surface area contributed by atoms with Gasteiger partial charge in [-0.3, -0.25) is 4.79 Å². The number of alkyl halides is 3. The molecule has 1 aromatic carbocycles. The van der Waals surface area contributed by atoms with Gasteiger partial charge in [-0.15, -0.1) is 0 Å². The van der Waals surface area contributed by atoms with Gasteiger partial charge < -0.3 is 11.1 Å². The first-order chi connectivity index (χ1) is 9.20. The molecule has 0 aliphatic heterocycles. The third-order valence-electron chi connectivity index (χ3n) is 3.38. The third-order valence-corrected chi connectivity index (χ3v) is 3.60. The molecule has 0 radical (unpaired) electrons. The zero-order valence-electron chi connectivity index (χ0n) is 10.7. The number of hydrogen-bond acceptors (Lipinski definition) is 2. The Morgan fingerprint density at radius 1 is 1.45 bits per heavy atom. The van der Waals surface area contributed by atoms with E-state index >= 15 is 0 Å². The minimum atomic E-state index is -4.65. The molecule has 0 spiro atoms. The van der Waals surface area contributed by atoms with Crippen LogP contribution in [-0.4, -0.2) is 11.9 Å². The van der Waals surface area contributed by atoms with Crippen molar-refractivity contribution < 1.29 is 18.0 Å². The third kappa shape index (κ3) is 3.17. The molecule has 1 atom stereocenters. The van der Waals surface area contributed by atoms with Crippen LogP contribution >= 0.6 is 11.6 Å². The molecule has 0 saturated heterocycles. The van der Waals surface area contributed by atoms with Crippen LogP contribution in [0.5, 0.6) is 0 Å². The Bertz CT molecular complexity index is 541. The molecule has 7 heteroatoms. The number of anilines is 1. The summed E-state index contributed by atoms with van der Waals surface area (Å²) < 4.78 is 38.4. The molecule has 1 unspecified atom stereocenters. The van der Waals surface area contributed by atoms with E-state index in [0.717, 1.165) is 25.0 Å². The smallest absolute Gasteiger partial charge is 0.398 e. The number of nitrogens with one attached hydrogen (secondary N) is 1. The first kappa shape index (κ1) is 15.0. The van der Waals surface area contributed by atoms with Crippen LogP contribution in [0.4, 0.5) is 18.9 Å². The normalized spacial score (nSPS) is 16.9. The van der Waals surface area contributed by atoms with Crippen molar-refractivity contribution >= 4 is 23.2 Å². The molecule has 3 N–H and O–H groups in total. The van der Waals surface area contributed by atoms with Crippen LogP contribution in [0.2, 0.25) is 5.02 Å². The van der Waals surface area contributed by atoms with Gasteiger partial charge in [0.2, 0.25) is 0 Å². The highest BCUT2D eigenvalue weighted by Gasteiger charge is 2.36. The number of carbonyl (C=O) groups is 1. The Kier molecular flexibility index (Phi) is 3.86. The summed E-state index contributed by atoms with van der Waals surface area (Å²) in [6.45, 7) is 1.82. The van der Waals surface area contributed by atoms with Crippen molar-refractivity contribution in [3.63, 3.8) is 0 Å². The number of nitrogens with two attached hydrogens (primary N) is 1. The van der Waals surface area contributed by atoms with Crippen LogP contribution in [0.15, 0.2) is 12.1 Å². The zero-order chi connectivity index (χ0) is 15.1. The summed E-state index contributed by atoms with van der Waals surface area (Å²) in [5, 5.41) is 2.49. The number of carbonyl (C=O) groups excluding carboxylic acids is 1. The fourth-order valence-corrected chi connectivity index (χ4v) is 2.26. The molecule has 1 saturated carbocycles. The number of hydrogen-bond donors (Lipinski definition) is 2. The Balaban J connectivity index is 2.30. The molecule has 0 aromatic heterocycles. The van der Waals surface area contributed by atoms with E-state index in [4.69, 9.17) is 17.3 Å². The number of amides is 1. The summed E-state index contributed by atoms with van der Waals surface area (Å²) in [4.78, 5) is 12.0. The van der Waals surface area contributed by atoms with Crippen LogP contribution in [-0.2, 0) is 6.18 Å². The minimum Gasteiger partial charge on any atom is -0.398 e. The van der Waals surface area contributed by atoms with Crippen molar-refractivity contribution in [3.8, 4) is 0 Å². The van der Waals surface area contributed by atoms with Crippen molar-refractivity contribution in [1.29, 1.82) is 0 Å². The zero-order valence-corrected chi connectivity index (χ0v) is 11.5. The summed E-state index contributed by atoms with van der Waals surface area (Å²) in [6, 6.07) is 1.79. The summed E-state index contributed by atoms with van der Waals surface area (Å²) in [5.41, 5.74) is 3.54. The van der Waals surface area contributed by atoms with Gasteiger partial charge in [0.05, 0.1) is 16.8 Å². The summed E-state index contributed by atoms with van der Waals surface area (Å²) in [5.74, 6) is -0.239. The van der Waals surface area contributed by atoms with Crippen LogP contribution in [0.25, 0.3) is 0 Å².